The molecule has 1 radical (unpaired) electrons. The number of carbonyl (C=O) groups excluding carboxylic acids is 1. The first-order valence-corrected chi connectivity index (χ1v) is 3.80. The van der Waals surface area contributed by atoms with Crippen LogP contribution in [0, 0.1) is 0 Å². The normalized spacial score (nSPS) is 11.1. The van der Waals surface area contributed by atoms with Crippen LogP contribution in [0.5, 0.6) is 0 Å². The van der Waals surface area contributed by atoms with Crippen molar-refractivity contribution in [2.75, 3.05) is 0 Å². The summed E-state index contributed by atoms with van der Waals surface area (Å²) >= 11 is 0. The lowest BCUT2D eigenvalue weighted by molar-refractivity contribution is -0.137. The largest absolute Gasteiger partial charge is 0.416 e. The van der Waals surface area contributed by atoms with Crippen molar-refractivity contribution >= 4 is 6.41 Å². The van der Waals surface area contributed by atoms with Crippen LogP contribution in [0.25, 0.3) is 0 Å². The molecule has 1 amide bonds. The van der Waals surface area contributed by atoms with Crippen molar-refractivity contribution in [3.8, 4) is 0 Å². The average Bonchev–Trinajstić information content (AvgIpc) is 2.14. The maximum atomic E-state index is 12.2. The topological polar surface area (TPSA) is 29.1 Å². The van der Waals surface area contributed by atoms with E-state index in [4.69, 9.17) is 0 Å². The van der Waals surface area contributed by atoms with Gasteiger partial charge >= 0.3 is 12.6 Å². The molecule has 0 aliphatic heterocycles. The van der Waals surface area contributed by atoms with Crippen LogP contribution < -0.4 is 5.32 Å². The summed E-state index contributed by atoms with van der Waals surface area (Å²) in [5, 5.41) is 2.17. The van der Waals surface area contributed by atoms with Gasteiger partial charge in [0.25, 0.3) is 0 Å². The number of halogens is 3. The molecule has 1 rings (SSSR count). The summed E-state index contributed by atoms with van der Waals surface area (Å²) in [4.78, 5) is 9.80. The molecule has 0 saturated carbocycles. The SMILES string of the molecule is O=[C]NCc1cccc(C(F)(F)F)c1. The van der Waals surface area contributed by atoms with Gasteiger partial charge in [-0.3, -0.25) is 4.79 Å². The van der Waals surface area contributed by atoms with E-state index in [1.54, 1.807) is 0 Å². The molecule has 1 aromatic rings. The Balaban J connectivity index is 2.84. The Bertz CT molecular complexity index is 322. The Morgan fingerprint density at radius 2 is 2.07 bits per heavy atom. The standard InChI is InChI=1S/C9H7F3NO/c10-9(11,12)8-3-1-2-7(4-8)5-13-6-14/h1-4H,5H2,(H,13,14). The van der Waals surface area contributed by atoms with Gasteiger partial charge in [-0.15, -0.1) is 0 Å². The number of hydrogen-bond acceptors (Lipinski definition) is 1. The lowest BCUT2D eigenvalue weighted by atomic mass is 10.1. The second-order valence-corrected chi connectivity index (χ2v) is 2.65. The molecule has 2 nitrogen and oxygen atoms in total. The van der Waals surface area contributed by atoms with E-state index < -0.39 is 11.7 Å². The molecular formula is C9H7F3NO. The third-order valence-electron chi connectivity index (χ3n) is 1.62. The second-order valence-electron chi connectivity index (χ2n) is 2.65. The monoisotopic (exact) mass is 202 g/mol. The Hall–Kier alpha value is -1.52. The quantitative estimate of drug-likeness (QED) is 0.745. The Labute approximate surface area is 78.7 Å². The van der Waals surface area contributed by atoms with Gasteiger partial charge in [-0.2, -0.15) is 13.2 Å². The van der Waals surface area contributed by atoms with Crippen molar-refractivity contribution in [1.29, 1.82) is 0 Å². The molecule has 75 valence electrons. The molecular weight excluding hydrogens is 195 g/mol. The van der Waals surface area contributed by atoms with Gasteiger partial charge in [-0.05, 0) is 17.7 Å². The Kier molecular flexibility index (Phi) is 3.11. The molecule has 0 aliphatic carbocycles. The van der Waals surface area contributed by atoms with Gasteiger partial charge in [0, 0.05) is 6.54 Å². The fourth-order valence-electron chi connectivity index (χ4n) is 0.996. The zero-order valence-electron chi connectivity index (χ0n) is 7.06. The average molecular weight is 202 g/mol. The molecule has 14 heavy (non-hydrogen) atoms. The predicted octanol–water partition coefficient (Wildman–Crippen LogP) is 1.86. The van der Waals surface area contributed by atoms with Crippen molar-refractivity contribution in [2.24, 2.45) is 0 Å². The molecule has 0 saturated heterocycles. The van der Waals surface area contributed by atoms with Gasteiger partial charge < -0.3 is 5.32 Å². The molecule has 1 aromatic carbocycles. The van der Waals surface area contributed by atoms with Gasteiger partial charge in [0.2, 0.25) is 0 Å². The maximum Gasteiger partial charge on any atom is 0.416 e. The van der Waals surface area contributed by atoms with E-state index in [9.17, 15) is 18.0 Å². The second kappa shape index (κ2) is 4.13. The van der Waals surface area contributed by atoms with Crippen molar-refractivity contribution in [3.63, 3.8) is 0 Å². The van der Waals surface area contributed by atoms with Gasteiger partial charge in [0.1, 0.15) is 0 Å². The smallest absolute Gasteiger partial charge is 0.344 e. The number of hydrogen-bond donors (Lipinski definition) is 1. The Morgan fingerprint density at radius 3 is 2.64 bits per heavy atom. The van der Waals surface area contributed by atoms with E-state index in [0.29, 0.717) is 5.56 Å². The molecule has 0 spiro atoms. The van der Waals surface area contributed by atoms with E-state index >= 15 is 0 Å². The van der Waals surface area contributed by atoms with Crippen molar-refractivity contribution in [2.45, 2.75) is 12.7 Å². The van der Waals surface area contributed by atoms with Crippen LogP contribution in [0.4, 0.5) is 13.2 Å². The van der Waals surface area contributed by atoms with Gasteiger partial charge in [0.15, 0.2) is 0 Å². The minimum Gasteiger partial charge on any atom is -0.344 e. The van der Waals surface area contributed by atoms with Crippen LogP contribution in [0.15, 0.2) is 24.3 Å². The molecule has 0 aromatic heterocycles. The van der Waals surface area contributed by atoms with Crippen LogP contribution in [0.3, 0.4) is 0 Å². The summed E-state index contributed by atoms with van der Waals surface area (Å²) in [6.45, 7) is 0.0490. The summed E-state index contributed by atoms with van der Waals surface area (Å²) in [5.74, 6) is 0. The highest BCUT2D eigenvalue weighted by molar-refractivity contribution is 5.47. The number of nitrogens with one attached hydrogen (secondary N) is 1. The number of rotatable bonds is 3. The highest BCUT2D eigenvalue weighted by Gasteiger charge is 2.30. The fourth-order valence-corrected chi connectivity index (χ4v) is 0.996. The van der Waals surface area contributed by atoms with Gasteiger partial charge in [0.05, 0.1) is 5.56 Å². The minimum atomic E-state index is -4.35. The summed E-state index contributed by atoms with van der Waals surface area (Å²) in [6, 6.07) is 4.77. The lowest BCUT2D eigenvalue weighted by Crippen LogP contribution is -2.11. The zero-order valence-corrected chi connectivity index (χ0v) is 7.06. The minimum absolute atomic E-state index is 0.0490. The molecule has 0 unspecified atom stereocenters. The van der Waals surface area contributed by atoms with Crippen LogP contribution in [0.2, 0.25) is 0 Å². The van der Waals surface area contributed by atoms with E-state index in [2.05, 4.69) is 5.32 Å². The predicted molar refractivity (Wildman–Crippen MR) is 44.0 cm³/mol. The van der Waals surface area contributed by atoms with E-state index in [1.807, 2.05) is 0 Å². The van der Waals surface area contributed by atoms with E-state index in [-0.39, 0.29) is 6.54 Å². The lowest BCUT2D eigenvalue weighted by Gasteiger charge is -2.07. The van der Waals surface area contributed by atoms with Crippen LogP contribution >= 0.6 is 0 Å². The third kappa shape index (κ3) is 2.76. The maximum absolute atomic E-state index is 12.2. The van der Waals surface area contributed by atoms with Crippen LogP contribution in [-0.2, 0) is 17.5 Å². The van der Waals surface area contributed by atoms with E-state index in [0.717, 1.165) is 12.1 Å². The number of benzene rings is 1. The van der Waals surface area contributed by atoms with Crippen molar-refractivity contribution in [3.05, 3.63) is 35.4 Å². The van der Waals surface area contributed by atoms with Gasteiger partial charge in [-0.1, -0.05) is 12.1 Å². The summed E-state index contributed by atoms with van der Waals surface area (Å²) in [6.07, 6.45) is -2.95. The molecule has 0 aliphatic rings. The first kappa shape index (κ1) is 10.6. The molecule has 5 heteroatoms. The summed E-state index contributed by atoms with van der Waals surface area (Å²) < 4.78 is 36.6. The number of alkyl halides is 3. The first-order valence-electron chi connectivity index (χ1n) is 3.80. The number of amides is 1. The van der Waals surface area contributed by atoms with Gasteiger partial charge in [-0.25, -0.2) is 0 Å². The highest BCUT2D eigenvalue weighted by Crippen LogP contribution is 2.29. The Morgan fingerprint density at radius 1 is 1.36 bits per heavy atom. The molecule has 0 fully saturated rings. The summed E-state index contributed by atoms with van der Waals surface area (Å²) in [7, 11) is 0. The molecule has 1 N–H and O–H groups in total. The first-order chi connectivity index (χ1) is 6.54. The molecule has 0 heterocycles. The van der Waals surface area contributed by atoms with Crippen molar-refractivity contribution < 1.29 is 18.0 Å². The fraction of sp³-hybridized carbons (Fsp3) is 0.222. The van der Waals surface area contributed by atoms with Crippen LogP contribution in [-0.4, -0.2) is 6.41 Å². The van der Waals surface area contributed by atoms with E-state index in [1.165, 1.54) is 18.5 Å². The molecule has 0 atom stereocenters. The van der Waals surface area contributed by atoms with Crippen LogP contribution in [0.1, 0.15) is 11.1 Å². The highest BCUT2D eigenvalue weighted by atomic mass is 19.4. The summed E-state index contributed by atoms with van der Waals surface area (Å²) in [5.41, 5.74) is -0.328. The zero-order chi connectivity index (χ0) is 10.6. The van der Waals surface area contributed by atoms with Crippen molar-refractivity contribution in [1.82, 2.24) is 5.32 Å². The third-order valence-corrected chi connectivity index (χ3v) is 1.62. The molecule has 0 bridgehead atoms.